The number of hydrogen-bond acceptors (Lipinski definition) is 5. The second-order valence-electron chi connectivity index (χ2n) is 6.93. The predicted molar refractivity (Wildman–Crippen MR) is 92.4 cm³/mol. The zero-order chi connectivity index (χ0) is 18.0. The number of carbonyl (C=O) groups is 2. The highest BCUT2D eigenvalue weighted by molar-refractivity contribution is 5.98. The van der Waals surface area contributed by atoms with Crippen LogP contribution in [0.3, 0.4) is 0 Å². The molecule has 3 aliphatic rings. The van der Waals surface area contributed by atoms with Crippen LogP contribution in [0, 0.1) is 6.92 Å². The molecule has 0 aromatic carbocycles. The Balaban J connectivity index is 1.94. The van der Waals surface area contributed by atoms with Crippen molar-refractivity contribution in [1.29, 1.82) is 0 Å². The van der Waals surface area contributed by atoms with Crippen molar-refractivity contribution in [2.24, 2.45) is 0 Å². The van der Waals surface area contributed by atoms with E-state index in [2.05, 4.69) is 9.88 Å². The van der Waals surface area contributed by atoms with Crippen LogP contribution in [-0.4, -0.2) is 78.8 Å². The van der Waals surface area contributed by atoms with Gasteiger partial charge in [0.2, 0.25) is 0 Å². The highest BCUT2D eigenvalue weighted by Crippen LogP contribution is 2.28. The third-order valence-electron chi connectivity index (χ3n) is 5.45. The summed E-state index contributed by atoms with van der Waals surface area (Å²) in [5.74, 6) is -0.782. The Kier molecular flexibility index (Phi) is 5.15. The SMILES string of the molecule is CCOC(=O)c1[nH]c(C[N+]23CCN(CC2)CC3)c(C(=O)OCC)c1C. The number of aromatic amines is 1. The number of hydrogen-bond donors (Lipinski definition) is 1. The monoisotopic (exact) mass is 350 g/mol. The van der Waals surface area contributed by atoms with Crippen LogP contribution < -0.4 is 0 Å². The van der Waals surface area contributed by atoms with E-state index in [1.54, 1.807) is 20.8 Å². The number of fused-ring (bicyclic) bond motifs is 3. The van der Waals surface area contributed by atoms with Crippen molar-refractivity contribution in [2.45, 2.75) is 27.3 Å². The third kappa shape index (κ3) is 3.43. The van der Waals surface area contributed by atoms with E-state index in [1.165, 1.54) is 0 Å². The Morgan fingerprint density at radius 1 is 1.04 bits per heavy atom. The molecule has 3 aliphatic heterocycles. The minimum Gasteiger partial charge on any atom is -0.462 e. The van der Waals surface area contributed by atoms with Crippen LogP contribution in [-0.2, 0) is 16.0 Å². The third-order valence-corrected chi connectivity index (χ3v) is 5.45. The molecule has 0 atom stereocenters. The minimum absolute atomic E-state index is 0.303. The van der Waals surface area contributed by atoms with Gasteiger partial charge in [0.15, 0.2) is 0 Å². The van der Waals surface area contributed by atoms with Crippen molar-refractivity contribution in [1.82, 2.24) is 9.88 Å². The fourth-order valence-electron chi connectivity index (χ4n) is 3.97. The van der Waals surface area contributed by atoms with Crippen molar-refractivity contribution >= 4 is 11.9 Å². The molecular formula is C18H28N3O4+. The lowest BCUT2D eigenvalue weighted by atomic mass is 10.1. The summed E-state index contributed by atoms with van der Waals surface area (Å²) in [5, 5.41) is 0. The first-order valence-corrected chi connectivity index (χ1v) is 9.13. The van der Waals surface area contributed by atoms with Crippen LogP contribution >= 0.6 is 0 Å². The van der Waals surface area contributed by atoms with Gasteiger partial charge in [-0.05, 0) is 26.3 Å². The zero-order valence-corrected chi connectivity index (χ0v) is 15.4. The first-order valence-electron chi connectivity index (χ1n) is 9.13. The van der Waals surface area contributed by atoms with E-state index in [-0.39, 0.29) is 5.97 Å². The van der Waals surface area contributed by atoms with Gasteiger partial charge in [-0.1, -0.05) is 0 Å². The Labute approximate surface area is 148 Å². The number of rotatable bonds is 6. The van der Waals surface area contributed by atoms with Crippen LogP contribution in [0.1, 0.15) is 46.0 Å². The Morgan fingerprint density at radius 3 is 2.16 bits per heavy atom. The number of quaternary nitrogens is 1. The lowest BCUT2D eigenvalue weighted by molar-refractivity contribution is -0.953. The number of nitrogens with one attached hydrogen (secondary N) is 1. The summed E-state index contributed by atoms with van der Waals surface area (Å²) in [6, 6.07) is 0. The number of ether oxygens (including phenoxy) is 2. The molecule has 3 saturated heterocycles. The van der Waals surface area contributed by atoms with Crippen LogP contribution in [0.5, 0.6) is 0 Å². The van der Waals surface area contributed by atoms with E-state index < -0.39 is 5.97 Å². The number of carbonyl (C=O) groups excluding carboxylic acids is 2. The topological polar surface area (TPSA) is 71.6 Å². The molecule has 0 spiro atoms. The highest BCUT2D eigenvalue weighted by Gasteiger charge is 2.40. The van der Waals surface area contributed by atoms with Crippen LogP contribution in [0.25, 0.3) is 0 Å². The number of nitrogens with zero attached hydrogens (tertiary/aromatic N) is 2. The average Bonchev–Trinajstić information content (AvgIpc) is 2.92. The number of aromatic nitrogens is 1. The van der Waals surface area contributed by atoms with Gasteiger partial charge >= 0.3 is 11.9 Å². The molecule has 0 aliphatic carbocycles. The molecule has 1 aromatic rings. The van der Waals surface area contributed by atoms with E-state index in [0.717, 1.165) is 56.0 Å². The smallest absolute Gasteiger partial charge is 0.355 e. The van der Waals surface area contributed by atoms with Gasteiger partial charge in [-0.15, -0.1) is 0 Å². The lowest BCUT2D eigenvalue weighted by Crippen LogP contribution is -2.66. The van der Waals surface area contributed by atoms with Gasteiger partial charge in [0.25, 0.3) is 0 Å². The summed E-state index contributed by atoms with van der Waals surface area (Å²) in [4.78, 5) is 30.4. The molecule has 3 fully saturated rings. The molecular weight excluding hydrogens is 322 g/mol. The molecule has 7 heteroatoms. The van der Waals surface area contributed by atoms with E-state index in [9.17, 15) is 9.59 Å². The van der Waals surface area contributed by atoms with Gasteiger partial charge in [0.1, 0.15) is 12.2 Å². The standard InChI is InChI=1S/C18H27N3O4/c1-4-24-17(22)15-13(3)16(18(23)25-5-2)19-14(15)12-21-9-6-20(7-10-21)8-11-21/h4-12H2,1-3H3/p+1. The molecule has 0 saturated carbocycles. The molecule has 138 valence electrons. The van der Waals surface area contributed by atoms with Crippen LogP contribution in [0.2, 0.25) is 0 Å². The summed E-state index contributed by atoms with van der Waals surface area (Å²) in [7, 11) is 0. The molecule has 7 nitrogen and oxygen atoms in total. The Hall–Kier alpha value is -1.86. The number of esters is 2. The highest BCUT2D eigenvalue weighted by atomic mass is 16.5. The maximum Gasteiger partial charge on any atom is 0.355 e. The summed E-state index contributed by atoms with van der Waals surface area (Å²) in [6.07, 6.45) is 0. The van der Waals surface area contributed by atoms with E-state index in [0.29, 0.717) is 30.0 Å². The molecule has 0 radical (unpaired) electrons. The Bertz CT molecular complexity index is 646. The van der Waals surface area contributed by atoms with Crippen LogP contribution in [0.15, 0.2) is 0 Å². The van der Waals surface area contributed by atoms with Crippen molar-refractivity contribution in [2.75, 3.05) is 52.5 Å². The average molecular weight is 350 g/mol. The molecule has 2 bridgehead atoms. The predicted octanol–water partition coefficient (Wildman–Crippen LogP) is 1.32. The minimum atomic E-state index is -0.416. The van der Waals surface area contributed by atoms with Crippen molar-refractivity contribution in [3.63, 3.8) is 0 Å². The molecule has 0 unspecified atom stereocenters. The fourth-order valence-corrected chi connectivity index (χ4v) is 3.97. The molecule has 1 N–H and O–H groups in total. The number of piperazine rings is 3. The Morgan fingerprint density at radius 2 is 1.60 bits per heavy atom. The number of H-pyrrole nitrogens is 1. The molecule has 0 amide bonds. The van der Waals surface area contributed by atoms with Gasteiger partial charge < -0.3 is 18.9 Å². The van der Waals surface area contributed by atoms with E-state index in [4.69, 9.17) is 9.47 Å². The van der Waals surface area contributed by atoms with E-state index in [1.807, 2.05) is 0 Å². The van der Waals surface area contributed by atoms with Crippen molar-refractivity contribution in [3.05, 3.63) is 22.5 Å². The van der Waals surface area contributed by atoms with Gasteiger partial charge in [-0.25, -0.2) is 9.59 Å². The molecule has 1 aromatic heterocycles. The summed E-state index contributed by atoms with van der Waals surface area (Å²) in [5.41, 5.74) is 2.30. The van der Waals surface area contributed by atoms with Gasteiger partial charge in [0.05, 0.1) is 44.1 Å². The van der Waals surface area contributed by atoms with Crippen molar-refractivity contribution in [3.8, 4) is 0 Å². The van der Waals surface area contributed by atoms with Crippen molar-refractivity contribution < 1.29 is 23.5 Å². The fraction of sp³-hybridized carbons (Fsp3) is 0.667. The quantitative estimate of drug-likeness (QED) is 0.619. The van der Waals surface area contributed by atoms with Gasteiger partial charge in [-0.2, -0.15) is 0 Å². The van der Waals surface area contributed by atoms with Gasteiger partial charge in [-0.3, -0.25) is 4.90 Å². The molecule has 4 heterocycles. The first kappa shape index (κ1) is 17.9. The largest absolute Gasteiger partial charge is 0.462 e. The summed E-state index contributed by atoms with van der Waals surface area (Å²) in [6.45, 7) is 13.2. The first-order chi connectivity index (χ1) is 12.0. The maximum absolute atomic E-state index is 12.5. The normalized spacial score (nSPS) is 25.0. The second kappa shape index (κ2) is 7.17. The zero-order valence-electron chi connectivity index (χ0n) is 15.4. The molecule has 25 heavy (non-hydrogen) atoms. The summed E-state index contributed by atoms with van der Waals surface area (Å²) < 4.78 is 11.3. The van der Waals surface area contributed by atoms with Gasteiger partial charge in [0, 0.05) is 19.6 Å². The van der Waals surface area contributed by atoms with E-state index >= 15 is 0 Å². The second-order valence-corrected chi connectivity index (χ2v) is 6.93. The molecule has 4 rings (SSSR count). The summed E-state index contributed by atoms with van der Waals surface area (Å²) >= 11 is 0. The maximum atomic E-state index is 12.5. The van der Waals surface area contributed by atoms with Crippen LogP contribution in [0.4, 0.5) is 0 Å². The lowest BCUT2D eigenvalue weighted by Gasteiger charge is -2.50.